The van der Waals surface area contributed by atoms with E-state index in [-0.39, 0.29) is 27.8 Å². The molecule has 0 spiro atoms. The molecule has 11 heteroatoms. The number of fused-ring (bicyclic) bond motifs is 1. The van der Waals surface area contributed by atoms with E-state index in [0.717, 1.165) is 18.2 Å². The maximum atomic E-state index is 13.4. The van der Waals surface area contributed by atoms with E-state index in [1.807, 2.05) is 0 Å². The molecule has 0 bridgehead atoms. The zero-order valence-electron chi connectivity index (χ0n) is 18.7. The molecule has 2 heterocycles. The smallest absolute Gasteiger partial charge is 0.416 e. The lowest BCUT2D eigenvalue weighted by Crippen LogP contribution is -2.40. The van der Waals surface area contributed by atoms with Crippen LogP contribution >= 0.6 is 0 Å². The van der Waals surface area contributed by atoms with E-state index >= 15 is 0 Å². The van der Waals surface area contributed by atoms with Crippen molar-refractivity contribution in [2.75, 3.05) is 31.0 Å². The molecule has 34 heavy (non-hydrogen) atoms. The van der Waals surface area contributed by atoms with Crippen LogP contribution in [-0.2, 0) is 20.9 Å². The van der Waals surface area contributed by atoms with Gasteiger partial charge in [0, 0.05) is 29.7 Å². The van der Waals surface area contributed by atoms with E-state index in [1.54, 1.807) is 31.7 Å². The molecule has 0 radical (unpaired) electrons. The molecular formula is C23H23F3N2O5S. The molecule has 3 aromatic rings. The number of nitrogens with one attached hydrogen (secondary N) is 1. The lowest BCUT2D eigenvalue weighted by atomic mass is 10.0. The number of amides is 1. The van der Waals surface area contributed by atoms with Crippen LogP contribution in [0.15, 0.2) is 39.6 Å². The van der Waals surface area contributed by atoms with Crippen molar-refractivity contribution >= 4 is 32.6 Å². The van der Waals surface area contributed by atoms with Gasteiger partial charge in [0.05, 0.1) is 18.8 Å². The maximum absolute atomic E-state index is 13.4. The Balaban J connectivity index is 1.81. The van der Waals surface area contributed by atoms with Crippen molar-refractivity contribution in [1.29, 1.82) is 0 Å². The van der Waals surface area contributed by atoms with Gasteiger partial charge in [-0.05, 0) is 56.2 Å². The average Bonchev–Trinajstić information content (AvgIpc) is 3.09. The van der Waals surface area contributed by atoms with Crippen LogP contribution in [-0.4, -0.2) is 45.5 Å². The van der Waals surface area contributed by atoms with Gasteiger partial charge in [-0.1, -0.05) is 6.07 Å². The Hall–Kier alpha value is -3.05. The van der Waals surface area contributed by atoms with Gasteiger partial charge in [0.1, 0.15) is 4.90 Å². The quantitative estimate of drug-likeness (QED) is 0.568. The largest absolute Gasteiger partial charge is 0.449 e. The Morgan fingerprint density at radius 2 is 1.74 bits per heavy atom. The molecule has 0 unspecified atom stereocenters. The van der Waals surface area contributed by atoms with E-state index in [9.17, 15) is 26.4 Å². The Bertz CT molecular complexity index is 1370. The summed E-state index contributed by atoms with van der Waals surface area (Å²) in [7, 11) is -4.37. The molecule has 182 valence electrons. The zero-order chi connectivity index (χ0) is 24.8. The number of anilines is 1. The van der Waals surface area contributed by atoms with Crippen molar-refractivity contribution < 1.29 is 35.5 Å². The van der Waals surface area contributed by atoms with Gasteiger partial charge in [-0.2, -0.15) is 13.2 Å². The van der Waals surface area contributed by atoms with E-state index in [4.69, 9.17) is 9.15 Å². The minimum atomic E-state index is -4.62. The molecule has 1 saturated heterocycles. The van der Waals surface area contributed by atoms with Crippen LogP contribution in [0.25, 0.3) is 11.0 Å². The van der Waals surface area contributed by atoms with Crippen LogP contribution in [0.3, 0.4) is 0 Å². The standard InChI is InChI=1S/C23H23F3N2O5S/c1-13-11-18-15(3)19(22(29)28-7-9-32-10-8-28)33-20(18)21(14(13)2)34(30,31)27-17-6-4-5-16(12-17)23(24,25)26/h4-6,11-12,27H,7-10H2,1-3H3. The van der Waals surface area contributed by atoms with Crippen LogP contribution in [0.1, 0.15) is 32.8 Å². The second-order valence-corrected chi connectivity index (χ2v) is 9.79. The first-order valence-electron chi connectivity index (χ1n) is 10.5. The van der Waals surface area contributed by atoms with Gasteiger partial charge < -0.3 is 14.1 Å². The summed E-state index contributed by atoms with van der Waals surface area (Å²) in [4.78, 5) is 14.4. The highest BCUT2D eigenvalue weighted by atomic mass is 32.2. The molecule has 1 aliphatic heterocycles. The molecule has 0 saturated carbocycles. The van der Waals surface area contributed by atoms with E-state index in [1.165, 1.54) is 6.07 Å². The number of morpholine rings is 1. The van der Waals surface area contributed by atoms with Gasteiger partial charge in [0.25, 0.3) is 15.9 Å². The number of carbonyl (C=O) groups excluding carboxylic acids is 1. The first-order valence-corrected chi connectivity index (χ1v) is 12.0. The third-order valence-corrected chi connectivity index (χ3v) is 7.43. The van der Waals surface area contributed by atoms with Crippen LogP contribution in [0.2, 0.25) is 0 Å². The van der Waals surface area contributed by atoms with Crippen molar-refractivity contribution in [1.82, 2.24) is 4.90 Å². The monoisotopic (exact) mass is 496 g/mol. The van der Waals surface area contributed by atoms with Gasteiger partial charge in [-0.25, -0.2) is 8.42 Å². The van der Waals surface area contributed by atoms with Crippen LogP contribution in [0, 0.1) is 20.8 Å². The number of aryl methyl sites for hydroxylation is 2. The summed E-state index contributed by atoms with van der Waals surface area (Å²) in [6, 6.07) is 5.67. The molecular weight excluding hydrogens is 473 g/mol. The fourth-order valence-corrected chi connectivity index (χ4v) is 5.44. The summed E-state index contributed by atoms with van der Waals surface area (Å²) < 4.78 is 79.4. The van der Waals surface area contributed by atoms with Crippen molar-refractivity contribution in [3.63, 3.8) is 0 Å². The van der Waals surface area contributed by atoms with Crippen molar-refractivity contribution in [3.8, 4) is 0 Å². The maximum Gasteiger partial charge on any atom is 0.416 e. The summed E-state index contributed by atoms with van der Waals surface area (Å²) >= 11 is 0. The predicted octanol–water partition coefficient (Wildman–Crippen LogP) is 4.65. The van der Waals surface area contributed by atoms with Crippen molar-refractivity contribution in [2.45, 2.75) is 31.8 Å². The molecule has 1 amide bonds. The number of benzene rings is 2. The SMILES string of the molecule is Cc1cc2c(C)c(C(=O)N3CCOCC3)oc2c(S(=O)(=O)Nc2cccc(C(F)(F)F)c2)c1C. The molecule has 1 fully saturated rings. The molecule has 1 N–H and O–H groups in total. The third-order valence-electron chi connectivity index (χ3n) is 5.90. The fourth-order valence-electron chi connectivity index (χ4n) is 3.95. The lowest BCUT2D eigenvalue weighted by molar-refractivity contribution is -0.137. The predicted molar refractivity (Wildman–Crippen MR) is 119 cm³/mol. The van der Waals surface area contributed by atoms with E-state index in [0.29, 0.717) is 48.4 Å². The lowest BCUT2D eigenvalue weighted by Gasteiger charge is -2.26. The Morgan fingerprint density at radius 1 is 1.06 bits per heavy atom. The summed E-state index contributed by atoms with van der Waals surface area (Å²) in [5.74, 6) is -0.348. The number of ether oxygens (including phenoxy) is 1. The summed E-state index contributed by atoms with van der Waals surface area (Å²) in [6.45, 7) is 6.52. The second kappa shape index (κ2) is 8.62. The minimum absolute atomic E-state index is 0.0170. The summed E-state index contributed by atoms with van der Waals surface area (Å²) in [5.41, 5.74) is 0.252. The number of sulfonamides is 1. The molecule has 0 atom stereocenters. The number of rotatable bonds is 4. The third kappa shape index (κ3) is 4.37. The first kappa shape index (κ1) is 24.1. The highest BCUT2D eigenvalue weighted by Gasteiger charge is 2.32. The van der Waals surface area contributed by atoms with Crippen molar-refractivity contribution in [3.05, 3.63) is 58.3 Å². The molecule has 7 nitrogen and oxygen atoms in total. The van der Waals surface area contributed by atoms with E-state index in [2.05, 4.69) is 4.72 Å². The van der Waals surface area contributed by atoms with Crippen LogP contribution in [0.5, 0.6) is 0 Å². The number of furan rings is 1. The normalized spacial score (nSPS) is 15.1. The summed E-state index contributed by atoms with van der Waals surface area (Å²) in [6.07, 6.45) is -4.62. The van der Waals surface area contributed by atoms with E-state index < -0.39 is 21.8 Å². The molecule has 2 aromatic carbocycles. The Morgan fingerprint density at radius 3 is 2.38 bits per heavy atom. The topological polar surface area (TPSA) is 88.9 Å². The first-order chi connectivity index (χ1) is 15.9. The number of nitrogens with zero attached hydrogens (tertiary/aromatic N) is 1. The van der Waals surface area contributed by atoms with Crippen LogP contribution in [0.4, 0.5) is 18.9 Å². The fraction of sp³-hybridized carbons (Fsp3) is 0.348. The van der Waals surface area contributed by atoms with Gasteiger partial charge in [0.15, 0.2) is 11.3 Å². The number of hydrogen-bond donors (Lipinski definition) is 1. The number of hydrogen-bond acceptors (Lipinski definition) is 5. The van der Waals surface area contributed by atoms with Gasteiger partial charge in [0.2, 0.25) is 0 Å². The molecule has 4 rings (SSSR count). The second-order valence-electron chi connectivity index (χ2n) is 8.17. The highest BCUT2D eigenvalue weighted by molar-refractivity contribution is 7.93. The number of halogens is 3. The molecule has 1 aromatic heterocycles. The number of alkyl halides is 3. The van der Waals surface area contributed by atoms with Gasteiger partial charge >= 0.3 is 6.18 Å². The Labute approximate surface area is 194 Å². The van der Waals surface area contributed by atoms with Crippen LogP contribution < -0.4 is 4.72 Å². The summed E-state index contributed by atoms with van der Waals surface area (Å²) in [5, 5.41) is 0.448. The van der Waals surface area contributed by atoms with Crippen molar-refractivity contribution in [2.24, 2.45) is 0 Å². The van der Waals surface area contributed by atoms with Gasteiger partial charge in [-0.3, -0.25) is 9.52 Å². The number of carbonyl (C=O) groups is 1. The zero-order valence-corrected chi connectivity index (χ0v) is 19.6. The highest BCUT2D eigenvalue weighted by Crippen LogP contribution is 2.37. The molecule has 0 aliphatic carbocycles. The minimum Gasteiger partial charge on any atom is -0.449 e. The van der Waals surface area contributed by atoms with Gasteiger partial charge in [-0.15, -0.1) is 0 Å². The molecule has 1 aliphatic rings. The Kier molecular flexibility index (Phi) is 6.11. The average molecular weight is 497 g/mol.